The third-order valence-corrected chi connectivity index (χ3v) is 6.30. The number of hydrogen-bond donors (Lipinski definition) is 1. The Kier molecular flexibility index (Phi) is 9.74. The molecule has 35 heavy (non-hydrogen) atoms. The van der Waals surface area contributed by atoms with Gasteiger partial charge in [-0.25, -0.2) is 0 Å². The molecule has 0 aliphatic heterocycles. The number of carbonyl (C=O) groups excluding carboxylic acids is 2. The van der Waals surface area contributed by atoms with Crippen LogP contribution in [-0.4, -0.2) is 35.9 Å². The number of rotatable bonds is 11. The van der Waals surface area contributed by atoms with E-state index in [9.17, 15) is 9.59 Å². The molecular formula is C29H33ClN2O3. The number of amides is 2. The number of methoxy groups -OCH3 is 1. The normalized spacial score (nSPS) is 12.5. The molecule has 0 saturated carbocycles. The summed E-state index contributed by atoms with van der Waals surface area (Å²) in [4.78, 5) is 28.9. The van der Waals surface area contributed by atoms with Crippen LogP contribution in [0.2, 0.25) is 5.02 Å². The molecule has 3 rings (SSSR count). The monoisotopic (exact) mass is 492 g/mol. The fourth-order valence-corrected chi connectivity index (χ4v) is 3.93. The number of nitrogens with one attached hydrogen (secondary N) is 1. The molecule has 2 unspecified atom stereocenters. The van der Waals surface area contributed by atoms with Crippen LogP contribution in [0, 0.1) is 0 Å². The average Bonchev–Trinajstić information content (AvgIpc) is 2.88. The summed E-state index contributed by atoms with van der Waals surface area (Å²) in [6, 6.07) is 24.0. The van der Waals surface area contributed by atoms with Crippen molar-refractivity contribution >= 4 is 23.4 Å². The van der Waals surface area contributed by atoms with Crippen LogP contribution in [0.15, 0.2) is 78.9 Å². The molecule has 6 heteroatoms. The van der Waals surface area contributed by atoms with Gasteiger partial charge in [0.1, 0.15) is 11.8 Å². The minimum atomic E-state index is -0.659. The van der Waals surface area contributed by atoms with E-state index < -0.39 is 6.04 Å². The molecule has 0 aliphatic carbocycles. The highest BCUT2D eigenvalue weighted by molar-refractivity contribution is 6.30. The first kappa shape index (κ1) is 26.3. The summed E-state index contributed by atoms with van der Waals surface area (Å²) in [7, 11) is 1.61. The van der Waals surface area contributed by atoms with E-state index in [1.165, 1.54) is 0 Å². The van der Waals surface area contributed by atoms with Crippen molar-refractivity contribution in [3.8, 4) is 5.75 Å². The second kappa shape index (κ2) is 13.0. The van der Waals surface area contributed by atoms with Gasteiger partial charge in [-0.1, -0.05) is 73.1 Å². The third kappa shape index (κ3) is 7.86. The van der Waals surface area contributed by atoms with Crippen LogP contribution >= 0.6 is 11.6 Å². The molecule has 0 radical (unpaired) electrons. The van der Waals surface area contributed by atoms with E-state index in [1.54, 1.807) is 24.1 Å². The van der Waals surface area contributed by atoms with E-state index in [0.29, 0.717) is 18.0 Å². The maximum atomic E-state index is 13.7. The van der Waals surface area contributed by atoms with Crippen molar-refractivity contribution in [3.63, 3.8) is 0 Å². The average molecular weight is 493 g/mol. The van der Waals surface area contributed by atoms with Crippen molar-refractivity contribution in [2.45, 2.75) is 51.7 Å². The second-order valence-corrected chi connectivity index (χ2v) is 9.13. The van der Waals surface area contributed by atoms with E-state index >= 15 is 0 Å². The van der Waals surface area contributed by atoms with Crippen molar-refractivity contribution in [1.29, 1.82) is 0 Å². The van der Waals surface area contributed by atoms with Gasteiger partial charge < -0.3 is 15.0 Å². The molecule has 5 nitrogen and oxygen atoms in total. The Balaban J connectivity index is 1.94. The molecule has 0 fully saturated rings. The lowest BCUT2D eigenvalue weighted by atomic mass is 10.0. The van der Waals surface area contributed by atoms with Crippen molar-refractivity contribution in [2.24, 2.45) is 0 Å². The van der Waals surface area contributed by atoms with Gasteiger partial charge in [-0.2, -0.15) is 0 Å². The van der Waals surface area contributed by atoms with E-state index in [-0.39, 0.29) is 24.3 Å². The van der Waals surface area contributed by atoms with E-state index in [2.05, 4.69) is 5.32 Å². The van der Waals surface area contributed by atoms with E-state index in [4.69, 9.17) is 16.3 Å². The number of hydrogen-bond acceptors (Lipinski definition) is 3. The lowest BCUT2D eigenvalue weighted by Crippen LogP contribution is -2.52. The molecule has 3 aromatic rings. The van der Waals surface area contributed by atoms with Gasteiger partial charge in [-0.05, 0) is 54.3 Å². The lowest BCUT2D eigenvalue weighted by molar-refractivity contribution is -0.141. The highest BCUT2D eigenvalue weighted by Gasteiger charge is 2.31. The fraction of sp³-hybridized carbons (Fsp3) is 0.310. The SMILES string of the molecule is CCC(C)NC(=O)C(Cc1ccccc1)N(Cc1ccc(Cl)cc1)C(=O)Cc1ccc(OC)cc1. The smallest absolute Gasteiger partial charge is 0.243 e. The van der Waals surface area contributed by atoms with Crippen molar-refractivity contribution in [1.82, 2.24) is 10.2 Å². The van der Waals surface area contributed by atoms with Crippen molar-refractivity contribution in [3.05, 3.63) is 101 Å². The number of ether oxygens (including phenoxy) is 1. The van der Waals surface area contributed by atoms with Crippen molar-refractivity contribution in [2.75, 3.05) is 7.11 Å². The summed E-state index contributed by atoms with van der Waals surface area (Å²) >= 11 is 6.08. The first-order valence-corrected chi connectivity index (χ1v) is 12.3. The molecular weight excluding hydrogens is 460 g/mol. The highest BCUT2D eigenvalue weighted by Crippen LogP contribution is 2.19. The van der Waals surface area contributed by atoms with E-state index in [1.807, 2.05) is 80.6 Å². The predicted molar refractivity (Wildman–Crippen MR) is 141 cm³/mol. The first-order valence-electron chi connectivity index (χ1n) is 11.9. The van der Waals surface area contributed by atoms with Gasteiger partial charge in [0.25, 0.3) is 0 Å². The number of carbonyl (C=O) groups is 2. The molecule has 0 spiro atoms. The topological polar surface area (TPSA) is 58.6 Å². The van der Waals surface area contributed by atoms with Gasteiger partial charge in [0.2, 0.25) is 11.8 Å². The van der Waals surface area contributed by atoms with Crippen LogP contribution in [0.3, 0.4) is 0 Å². The Morgan fingerprint density at radius 3 is 2.14 bits per heavy atom. The predicted octanol–water partition coefficient (Wildman–Crippen LogP) is 5.45. The summed E-state index contributed by atoms with van der Waals surface area (Å²) in [5, 5.41) is 3.71. The first-order chi connectivity index (χ1) is 16.9. The molecule has 3 aromatic carbocycles. The Bertz CT molecular complexity index is 1090. The molecule has 0 aliphatic rings. The Labute approximate surface area is 213 Å². The lowest BCUT2D eigenvalue weighted by Gasteiger charge is -2.32. The molecule has 0 aromatic heterocycles. The molecule has 184 valence electrons. The van der Waals surface area contributed by atoms with Gasteiger partial charge in [0, 0.05) is 24.0 Å². The zero-order valence-electron chi connectivity index (χ0n) is 20.5. The largest absolute Gasteiger partial charge is 0.497 e. The molecule has 2 amide bonds. The maximum Gasteiger partial charge on any atom is 0.243 e. The summed E-state index contributed by atoms with van der Waals surface area (Å²) in [5.41, 5.74) is 2.76. The second-order valence-electron chi connectivity index (χ2n) is 8.70. The summed E-state index contributed by atoms with van der Waals surface area (Å²) < 4.78 is 5.23. The maximum absolute atomic E-state index is 13.7. The zero-order valence-corrected chi connectivity index (χ0v) is 21.3. The van der Waals surface area contributed by atoms with Gasteiger partial charge in [-0.3, -0.25) is 9.59 Å². The third-order valence-electron chi connectivity index (χ3n) is 6.05. The van der Waals surface area contributed by atoms with Crippen LogP contribution < -0.4 is 10.1 Å². The van der Waals surface area contributed by atoms with Crippen LogP contribution in [-0.2, 0) is 29.0 Å². The van der Waals surface area contributed by atoms with Gasteiger partial charge >= 0.3 is 0 Å². The summed E-state index contributed by atoms with van der Waals surface area (Å²) in [5.74, 6) is 0.458. The molecule has 0 heterocycles. The Morgan fingerprint density at radius 2 is 1.54 bits per heavy atom. The van der Waals surface area contributed by atoms with Gasteiger partial charge in [-0.15, -0.1) is 0 Å². The van der Waals surface area contributed by atoms with E-state index in [0.717, 1.165) is 28.9 Å². The molecule has 0 bridgehead atoms. The fourth-order valence-electron chi connectivity index (χ4n) is 3.80. The van der Waals surface area contributed by atoms with Gasteiger partial charge in [0.05, 0.1) is 13.5 Å². The number of nitrogens with zero attached hydrogens (tertiary/aromatic N) is 1. The Morgan fingerprint density at radius 1 is 0.914 bits per heavy atom. The number of halogens is 1. The minimum absolute atomic E-state index is 0.00912. The van der Waals surface area contributed by atoms with Crippen LogP contribution in [0.25, 0.3) is 0 Å². The standard InChI is InChI=1S/C29H33ClN2O3/c1-4-21(2)31-29(34)27(18-22-8-6-5-7-9-22)32(20-24-10-14-25(30)15-11-24)28(33)19-23-12-16-26(35-3)17-13-23/h5-17,21,27H,4,18-20H2,1-3H3,(H,31,34). The quantitative estimate of drug-likeness (QED) is 0.387. The van der Waals surface area contributed by atoms with Gasteiger partial charge in [0.15, 0.2) is 0 Å². The molecule has 1 N–H and O–H groups in total. The minimum Gasteiger partial charge on any atom is -0.497 e. The van der Waals surface area contributed by atoms with Crippen LogP contribution in [0.1, 0.15) is 37.0 Å². The summed E-state index contributed by atoms with van der Waals surface area (Å²) in [6.45, 7) is 4.30. The highest BCUT2D eigenvalue weighted by atomic mass is 35.5. The Hall–Kier alpha value is -3.31. The van der Waals surface area contributed by atoms with Crippen LogP contribution in [0.4, 0.5) is 0 Å². The van der Waals surface area contributed by atoms with Crippen LogP contribution in [0.5, 0.6) is 5.75 Å². The van der Waals surface area contributed by atoms with Crippen molar-refractivity contribution < 1.29 is 14.3 Å². The molecule has 0 saturated heterocycles. The molecule has 2 atom stereocenters. The summed E-state index contributed by atoms with van der Waals surface area (Å²) in [6.07, 6.45) is 1.41. The zero-order chi connectivity index (χ0) is 25.2. The number of benzene rings is 3.